The van der Waals surface area contributed by atoms with Gasteiger partial charge in [-0.15, -0.1) is 10.2 Å². The van der Waals surface area contributed by atoms with E-state index < -0.39 is 0 Å². The number of hydrogen-bond donors (Lipinski definition) is 1. The molecule has 1 aromatic rings. The predicted molar refractivity (Wildman–Crippen MR) is 94.8 cm³/mol. The first-order valence-corrected chi connectivity index (χ1v) is 9.68. The van der Waals surface area contributed by atoms with E-state index in [0.717, 1.165) is 17.8 Å². The van der Waals surface area contributed by atoms with E-state index in [4.69, 9.17) is 0 Å². The Balaban J connectivity index is 1.38. The van der Waals surface area contributed by atoms with E-state index in [1.165, 1.54) is 11.3 Å². The van der Waals surface area contributed by atoms with Gasteiger partial charge in [0.15, 0.2) is 0 Å². The summed E-state index contributed by atoms with van der Waals surface area (Å²) in [6.07, 6.45) is 2.03. The van der Waals surface area contributed by atoms with Crippen LogP contribution >= 0.6 is 11.3 Å². The highest BCUT2D eigenvalue weighted by Gasteiger charge is 2.54. The summed E-state index contributed by atoms with van der Waals surface area (Å²) in [6, 6.07) is -0.0986. The summed E-state index contributed by atoms with van der Waals surface area (Å²) in [4.78, 5) is 41.8. The number of likely N-dealkylation sites (tertiary alicyclic amines) is 1. The molecule has 0 radical (unpaired) electrons. The third-order valence-corrected chi connectivity index (χ3v) is 6.50. The highest BCUT2D eigenvalue weighted by atomic mass is 32.1. The number of carbonyl (C=O) groups excluding carboxylic acids is 3. The van der Waals surface area contributed by atoms with Gasteiger partial charge in [0.1, 0.15) is 5.01 Å². The monoisotopic (exact) mass is 378 g/mol. The van der Waals surface area contributed by atoms with Gasteiger partial charge in [0.25, 0.3) is 0 Å². The molecule has 1 aromatic heterocycles. The molecule has 4 amide bonds. The molecule has 10 heteroatoms. The van der Waals surface area contributed by atoms with E-state index in [0.29, 0.717) is 31.3 Å². The third kappa shape index (κ3) is 2.63. The van der Waals surface area contributed by atoms with E-state index in [2.05, 4.69) is 22.4 Å². The van der Waals surface area contributed by atoms with Crippen LogP contribution in [0.1, 0.15) is 24.8 Å². The van der Waals surface area contributed by atoms with Crippen molar-refractivity contribution in [1.29, 1.82) is 0 Å². The molecule has 3 aliphatic rings. The number of hydrogen-bond acceptors (Lipinski definition) is 6. The van der Waals surface area contributed by atoms with Gasteiger partial charge in [-0.1, -0.05) is 18.3 Å². The van der Waals surface area contributed by atoms with Crippen molar-refractivity contribution in [3.8, 4) is 0 Å². The van der Waals surface area contributed by atoms with Crippen molar-refractivity contribution in [2.45, 2.75) is 31.7 Å². The second-order valence-corrected chi connectivity index (χ2v) is 8.31. The van der Waals surface area contributed by atoms with Gasteiger partial charge in [-0.3, -0.25) is 14.5 Å². The fraction of sp³-hybridized carbons (Fsp3) is 0.688. The first-order chi connectivity index (χ1) is 12.4. The molecule has 140 valence electrons. The molecule has 1 N–H and O–H groups in total. The van der Waals surface area contributed by atoms with Gasteiger partial charge in [-0.2, -0.15) is 0 Å². The second kappa shape index (κ2) is 6.19. The summed E-state index contributed by atoms with van der Waals surface area (Å²) >= 11 is 1.42. The summed E-state index contributed by atoms with van der Waals surface area (Å²) in [7, 11) is 1.76. The lowest BCUT2D eigenvalue weighted by Crippen LogP contribution is -2.70. The average molecular weight is 378 g/mol. The maximum atomic E-state index is 12.8. The maximum absolute atomic E-state index is 12.8. The van der Waals surface area contributed by atoms with Crippen molar-refractivity contribution in [2.24, 2.45) is 5.92 Å². The van der Waals surface area contributed by atoms with Gasteiger partial charge in [0.2, 0.25) is 16.9 Å². The lowest BCUT2D eigenvalue weighted by atomic mass is 9.88. The number of amides is 4. The number of nitrogens with zero attached hydrogens (tertiary/aromatic N) is 5. The molecule has 0 bridgehead atoms. The Kier molecular flexibility index (Phi) is 4.09. The number of likely N-dealkylation sites (N-methyl/N-ethyl adjacent to an activating group) is 1. The number of rotatable bonds is 4. The molecule has 3 saturated heterocycles. The summed E-state index contributed by atoms with van der Waals surface area (Å²) in [5.74, 6) is -0.445. The largest absolute Gasteiger partial charge is 0.337 e. The summed E-state index contributed by atoms with van der Waals surface area (Å²) in [6.45, 7) is 4.03. The number of anilines is 1. The van der Waals surface area contributed by atoms with Crippen molar-refractivity contribution in [3.63, 3.8) is 0 Å². The van der Waals surface area contributed by atoms with E-state index >= 15 is 0 Å². The molecule has 1 unspecified atom stereocenters. The highest BCUT2D eigenvalue weighted by molar-refractivity contribution is 7.15. The van der Waals surface area contributed by atoms with E-state index in [-0.39, 0.29) is 35.7 Å². The fourth-order valence-electron chi connectivity index (χ4n) is 3.82. The quantitative estimate of drug-likeness (QED) is 0.800. The van der Waals surface area contributed by atoms with Gasteiger partial charge >= 0.3 is 6.03 Å². The van der Waals surface area contributed by atoms with Crippen LogP contribution in [0.25, 0.3) is 0 Å². The number of urea groups is 1. The Bertz CT molecular complexity index is 759. The summed E-state index contributed by atoms with van der Waals surface area (Å²) in [5.41, 5.74) is -0.288. The van der Waals surface area contributed by atoms with Crippen LogP contribution in [0.15, 0.2) is 0 Å². The van der Waals surface area contributed by atoms with Crippen LogP contribution in [-0.2, 0) is 16.0 Å². The van der Waals surface area contributed by atoms with Crippen molar-refractivity contribution in [1.82, 2.24) is 25.3 Å². The van der Waals surface area contributed by atoms with Crippen molar-refractivity contribution < 1.29 is 14.4 Å². The Morgan fingerprint density at radius 1 is 1.35 bits per heavy atom. The van der Waals surface area contributed by atoms with Crippen molar-refractivity contribution >= 4 is 34.3 Å². The first kappa shape index (κ1) is 17.2. The van der Waals surface area contributed by atoms with Crippen LogP contribution < -0.4 is 10.2 Å². The minimum absolute atomic E-state index is 0.0162. The van der Waals surface area contributed by atoms with E-state index in [1.807, 2.05) is 0 Å². The van der Waals surface area contributed by atoms with Crippen LogP contribution in [0.3, 0.4) is 0 Å². The second-order valence-electron chi connectivity index (χ2n) is 7.27. The smallest absolute Gasteiger partial charge is 0.317 e. The van der Waals surface area contributed by atoms with Gasteiger partial charge in [0.05, 0.1) is 11.5 Å². The summed E-state index contributed by atoms with van der Waals surface area (Å²) in [5, 5.41) is 12.5. The van der Waals surface area contributed by atoms with Crippen LogP contribution in [0.4, 0.5) is 9.93 Å². The maximum Gasteiger partial charge on any atom is 0.317 e. The molecule has 26 heavy (non-hydrogen) atoms. The van der Waals surface area contributed by atoms with Crippen molar-refractivity contribution in [3.05, 3.63) is 5.01 Å². The van der Waals surface area contributed by atoms with Crippen LogP contribution in [0.5, 0.6) is 0 Å². The zero-order valence-electron chi connectivity index (χ0n) is 14.9. The van der Waals surface area contributed by atoms with E-state index in [1.54, 1.807) is 21.7 Å². The molecule has 1 atom stereocenters. The molecule has 0 aromatic carbocycles. The molecule has 0 aliphatic carbocycles. The van der Waals surface area contributed by atoms with Crippen LogP contribution in [-0.4, -0.2) is 76.6 Å². The highest BCUT2D eigenvalue weighted by Crippen LogP contribution is 2.34. The molecule has 1 spiro atoms. The zero-order chi connectivity index (χ0) is 18.5. The summed E-state index contributed by atoms with van der Waals surface area (Å²) < 4.78 is 0. The van der Waals surface area contributed by atoms with Gasteiger partial charge in [0, 0.05) is 46.1 Å². The van der Waals surface area contributed by atoms with Crippen LogP contribution in [0, 0.1) is 5.92 Å². The number of carbonyl (C=O) groups is 3. The molecule has 4 heterocycles. The lowest BCUT2D eigenvalue weighted by Gasteiger charge is -2.51. The topological polar surface area (TPSA) is 98.7 Å². The lowest BCUT2D eigenvalue weighted by molar-refractivity contribution is -0.146. The Hall–Kier alpha value is -2.23. The molecular formula is C16H22N6O3S. The Labute approximate surface area is 155 Å². The minimum Gasteiger partial charge on any atom is -0.337 e. The van der Waals surface area contributed by atoms with Gasteiger partial charge < -0.3 is 15.1 Å². The van der Waals surface area contributed by atoms with Crippen molar-refractivity contribution in [2.75, 3.05) is 38.1 Å². The first-order valence-electron chi connectivity index (χ1n) is 8.87. The third-order valence-electron chi connectivity index (χ3n) is 5.49. The molecular weight excluding hydrogens is 356 g/mol. The molecule has 3 fully saturated rings. The van der Waals surface area contributed by atoms with Gasteiger partial charge in [-0.25, -0.2) is 4.79 Å². The fourth-order valence-corrected chi connectivity index (χ4v) is 4.79. The predicted octanol–water partition coefficient (Wildman–Crippen LogP) is 0.0795. The SMILES string of the molecule is CCCc1nnc(N2CC(C(=O)N3CC4(CNC(=O)N4C)C3)CC2=O)s1. The normalized spacial score (nSPS) is 24.4. The average Bonchev–Trinajstić information content (AvgIpc) is 3.26. The Morgan fingerprint density at radius 3 is 2.77 bits per heavy atom. The molecule has 0 saturated carbocycles. The zero-order valence-corrected chi connectivity index (χ0v) is 15.7. The standard InChI is InChI=1S/C16H22N6O3S/c1-3-4-11-18-19-15(26-11)22-6-10(5-12(22)23)13(24)21-8-16(9-21)7-17-14(25)20(16)2/h10H,3-9H2,1-2H3,(H,17,25). The Morgan fingerprint density at radius 2 is 2.12 bits per heavy atom. The van der Waals surface area contributed by atoms with E-state index in [9.17, 15) is 14.4 Å². The minimum atomic E-state index is -0.353. The number of aryl methyl sites for hydroxylation is 1. The number of nitrogens with one attached hydrogen (secondary N) is 1. The molecule has 9 nitrogen and oxygen atoms in total. The molecule has 4 rings (SSSR count). The number of aromatic nitrogens is 2. The molecule has 3 aliphatic heterocycles. The van der Waals surface area contributed by atoms with Crippen LogP contribution in [0.2, 0.25) is 0 Å². The van der Waals surface area contributed by atoms with Gasteiger partial charge in [-0.05, 0) is 6.42 Å².